The van der Waals surface area contributed by atoms with Crippen molar-refractivity contribution in [3.05, 3.63) is 12.2 Å². The fourth-order valence-corrected chi connectivity index (χ4v) is 3.04. The van der Waals surface area contributed by atoms with Crippen molar-refractivity contribution < 1.29 is 0 Å². The molecule has 0 saturated heterocycles. The Morgan fingerprint density at radius 3 is 2.56 bits per heavy atom. The van der Waals surface area contributed by atoms with Crippen molar-refractivity contribution in [3.8, 4) is 0 Å². The fraction of sp³-hybridized carbons (Fsp3) is 0.800. The van der Waals surface area contributed by atoms with Crippen molar-refractivity contribution in [2.24, 2.45) is 16.3 Å². The second-order valence-electron chi connectivity index (χ2n) is 6.12. The molecule has 3 aliphatic carbocycles. The Hall–Kier alpha value is -0.990. The molecule has 3 nitrogen and oxygen atoms in total. The second kappa shape index (κ2) is 4.94. The summed E-state index contributed by atoms with van der Waals surface area (Å²) in [4.78, 5) is 4.84. The van der Waals surface area contributed by atoms with Crippen LogP contribution in [0, 0.1) is 11.3 Å². The van der Waals surface area contributed by atoms with E-state index in [1.54, 1.807) is 0 Å². The summed E-state index contributed by atoms with van der Waals surface area (Å²) in [6.45, 7) is 4.12. The van der Waals surface area contributed by atoms with E-state index < -0.39 is 0 Å². The van der Waals surface area contributed by atoms with Crippen molar-refractivity contribution in [2.45, 2.75) is 51.5 Å². The van der Waals surface area contributed by atoms with Crippen LogP contribution in [0.4, 0.5) is 0 Å². The van der Waals surface area contributed by atoms with E-state index in [0.29, 0.717) is 11.5 Å². The number of guanidine groups is 1. The molecule has 0 aliphatic heterocycles. The molecule has 2 N–H and O–H groups in total. The molecule has 3 rings (SSSR count). The molecule has 100 valence electrons. The SMILES string of the molecule is CCNC(=NCC1(C2CC2)CC1)NC1CC=CC1. The third-order valence-electron chi connectivity index (χ3n) is 4.58. The Kier molecular flexibility index (Phi) is 3.31. The lowest BCUT2D eigenvalue weighted by atomic mass is 10.0. The highest BCUT2D eigenvalue weighted by molar-refractivity contribution is 5.80. The first kappa shape index (κ1) is 12.1. The minimum absolute atomic E-state index is 0.555. The van der Waals surface area contributed by atoms with Gasteiger partial charge in [-0.25, -0.2) is 0 Å². The van der Waals surface area contributed by atoms with E-state index in [-0.39, 0.29) is 0 Å². The summed E-state index contributed by atoms with van der Waals surface area (Å²) >= 11 is 0. The zero-order chi connectivity index (χ0) is 12.4. The fourth-order valence-electron chi connectivity index (χ4n) is 3.04. The van der Waals surface area contributed by atoms with Crippen LogP contribution in [0.3, 0.4) is 0 Å². The maximum atomic E-state index is 4.84. The zero-order valence-electron chi connectivity index (χ0n) is 11.4. The highest BCUT2D eigenvalue weighted by atomic mass is 15.2. The van der Waals surface area contributed by atoms with Crippen LogP contribution in [0.5, 0.6) is 0 Å². The highest BCUT2D eigenvalue weighted by Crippen LogP contribution is 2.61. The smallest absolute Gasteiger partial charge is 0.191 e. The lowest BCUT2D eigenvalue weighted by molar-refractivity contribution is 0.451. The van der Waals surface area contributed by atoms with Gasteiger partial charge in [-0.1, -0.05) is 12.2 Å². The van der Waals surface area contributed by atoms with Gasteiger partial charge in [-0.05, 0) is 56.8 Å². The van der Waals surface area contributed by atoms with E-state index in [9.17, 15) is 0 Å². The lowest BCUT2D eigenvalue weighted by Crippen LogP contribution is -2.42. The molecule has 0 atom stereocenters. The largest absolute Gasteiger partial charge is 0.357 e. The van der Waals surface area contributed by atoms with Gasteiger partial charge in [-0.2, -0.15) is 0 Å². The number of hydrogen-bond acceptors (Lipinski definition) is 1. The average Bonchev–Trinajstić information content (AvgIpc) is 3.27. The Morgan fingerprint density at radius 1 is 1.28 bits per heavy atom. The first-order valence-electron chi connectivity index (χ1n) is 7.52. The van der Waals surface area contributed by atoms with E-state index in [1.165, 1.54) is 25.7 Å². The molecular formula is C15H25N3. The van der Waals surface area contributed by atoms with Crippen LogP contribution in [0.2, 0.25) is 0 Å². The summed E-state index contributed by atoms with van der Waals surface area (Å²) in [6, 6.07) is 0.555. The van der Waals surface area contributed by atoms with Gasteiger partial charge in [0, 0.05) is 19.1 Å². The molecule has 18 heavy (non-hydrogen) atoms. The van der Waals surface area contributed by atoms with Gasteiger partial charge in [-0.15, -0.1) is 0 Å². The molecular weight excluding hydrogens is 222 g/mol. The molecule has 0 spiro atoms. The van der Waals surface area contributed by atoms with Gasteiger partial charge in [0.05, 0.1) is 0 Å². The summed E-state index contributed by atoms with van der Waals surface area (Å²) < 4.78 is 0. The summed E-state index contributed by atoms with van der Waals surface area (Å²) in [7, 11) is 0. The molecule has 2 fully saturated rings. The minimum Gasteiger partial charge on any atom is -0.357 e. The van der Waals surface area contributed by atoms with Crippen molar-refractivity contribution in [1.82, 2.24) is 10.6 Å². The number of nitrogens with one attached hydrogen (secondary N) is 2. The molecule has 3 heteroatoms. The summed E-state index contributed by atoms with van der Waals surface area (Å²) in [5.74, 6) is 2.02. The van der Waals surface area contributed by atoms with Crippen LogP contribution in [0.15, 0.2) is 17.1 Å². The minimum atomic E-state index is 0.555. The standard InChI is InChI=1S/C15H25N3/c1-2-16-14(18-13-5-3-4-6-13)17-11-15(9-10-15)12-7-8-12/h3-4,12-13H,2,5-11H2,1H3,(H2,16,17,18). The Morgan fingerprint density at radius 2 is 2.00 bits per heavy atom. The van der Waals surface area contributed by atoms with E-state index >= 15 is 0 Å². The predicted octanol–water partition coefficient (Wildman–Crippen LogP) is 2.45. The molecule has 0 radical (unpaired) electrons. The molecule has 0 aromatic heterocycles. The monoisotopic (exact) mass is 247 g/mol. The van der Waals surface area contributed by atoms with Crippen molar-refractivity contribution in [3.63, 3.8) is 0 Å². The number of aliphatic imine (C=N–C) groups is 1. The molecule has 0 bridgehead atoms. The first-order chi connectivity index (χ1) is 8.82. The quantitative estimate of drug-likeness (QED) is 0.445. The average molecular weight is 247 g/mol. The Balaban J connectivity index is 1.54. The van der Waals surface area contributed by atoms with Crippen LogP contribution >= 0.6 is 0 Å². The van der Waals surface area contributed by atoms with Crippen molar-refractivity contribution in [1.29, 1.82) is 0 Å². The summed E-state index contributed by atoms with van der Waals surface area (Å²) in [5, 5.41) is 6.93. The van der Waals surface area contributed by atoms with E-state index in [4.69, 9.17) is 4.99 Å². The zero-order valence-corrected chi connectivity index (χ0v) is 11.4. The van der Waals surface area contributed by atoms with E-state index in [2.05, 4.69) is 29.7 Å². The third kappa shape index (κ3) is 2.70. The lowest BCUT2D eigenvalue weighted by Gasteiger charge is -2.18. The van der Waals surface area contributed by atoms with Crippen molar-refractivity contribution in [2.75, 3.05) is 13.1 Å². The topological polar surface area (TPSA) is 36.4 Å². The Bertz CT molecular complexity index is 343. The number of rotatable bonds is 5. The van der Waals surface area contributed by atoms with Gasteiger partial charge in [-0.3, -0.25) is 4.99 Å². The molecule has 0 aromatic rings. The number of hydrogen-bond donors (Lipinski definition) is 2. The number of nitrogens with zero attached hydrogens (tertiary/aromatic N) is 1. The third-order valence-corrected chi connectivity index (χ3v) is 4.58. The Labute approximate surface area is 110 Å². The molecule has 3 aliphatic rings. The predicted molar refractivity (Wildman–Crippen MR) is 75.7 cm³/mol. The molecule has 0 aromatic carbocycles. The highest BCUT2D eigenvalue weighted by Gasteiger charge is 2.53. The van der Waals surface area contributed by atoms with Crippen LogP contribution < -0.4 is 10.6 Å². The van der Waals surface area contributed by atoms with Gasteiger partial charge in [0.25, 0.3) is 0 Å². The normalized spacial score (nSPS) is 26.4. The van der Waals surface area contributed by atoms with Gasteiger partial charge >= 0.3 is 0 Å². The molecule has 0 amide bonds. The van der Waals surface area contributed by atoms with Crippen LogP contribution in [-0.2, 0) is 0 Å². The van der Waals surface area contributed by atoms with E-state index in [1.807, 2.05) is 0 Å². The van der Waals surface area contributed by atoms with Crippen LogP contribution in [-0.4, -0.2) is 25.1 Å². The van der Waals surface area contributed by atoms with Gasteiger partial charge < -0.3 is 10.6 Å². The molecule has 0 heterocycles. The first-order valence-corrected chi connectivity index (χ1v) is 7.52. The maximum Gasteiger partial charge on any atom is 0.191 e. The summed E-state index contributed by atoms with van der Waals surface area (Å²) in [5.41, 5.74) is 0.607. The van der Waals surface area contributed by atoms with Gasteiger partial charge in [0.2, 0.25) is 0 Å². The molecule has 2 saturated carbocycles. The maximum absolute atomic E-state index is 4.84. The van der Waals surface area contributed by atoms with Crippen LogP contribution in [0.1, 0.15) is 45.4 Å². The van der Waals surface area contributed by atoms with E-state index in [0.717, 1.165) is 37.8 Å². The van der Waals surface area contributed by atoms with Gasteiger partial charge in [0.15, 0.2) is 5.96 Å². The van der Waals surface area contributed by atoms with Crippen molar-refractivity contribution >= 4 is 5.96 Å². The summed E-state index contributed by atoms with van der Waals surface area (Å²) in [6.07, 6.45) is 12.5. The molecule has 0 unspecified atom stereocenters. The van der Waals surface area contributed by atoms with Crippen LogP contribution in [0.25, 0.3) is 0 Å². The van der Waals surface area contributed by atoms with Gasteiger partial charge in [0.1, 0.15) is 0 Å². The second-order valence-corrected chi connectivity index (χ2v) is 6.12.